The molecule has 0 aliphatic rings. The minimum atomic E-state index is -0.285. The van der Waals surface area contributed by atoms with Crippen molar-refractivity contribution in [2.45, 2.75) is 26.7 Å². The van der Waals surface area contributed by atoms with Crippen molar-refractivity contribution in [2.24, 2.45) is 5.92 Å². The van der Waals surface area contributed by atoms with Gasteiger partial charge in [-0.2, -0.15) is 12.6 Å². The SMILES string of the molecule is Cc1ccc(F)c(OCCC(C)CCS)c1. The molecular formula is C13H19FOS. The van der Waals surface area contributed by atoms with Gasteiger partial charge in [0.1, 0.15) is 0 Å². The number of hydrogen-bond acceptors (Lipinski definition) is 2. The summed E-state index contributed by atoms with van der Waals surface area (Å²) in [5.41, 5.74) is 1.01. The lowest BCUT2D eigenvalue weighted by atomic mass is 10.1. The predicted molar refractivity (Wildman–Crippen MR) is 68.9 cm³/mol. The normalized spacial score (nSPS) is 12.5. The Morgan fingerprint density at radius 2 is 2.12 bits per heavy atom. The van der Waals surface area contributed by atoms with Gasteiger partial charge in [0, 0.05) is 0 Å². The van der Waals surface area contributed by atoms with Crippen LogP contribution >= 0.6 is 12.6 Å². The molecule has 1 aromatic rings. The topological polar surface area (TPSA) is 9.23 Å². The Morgan fingerprint density at radius 1 is 1.38 bits per heavy atom. The highest BCUT2D eigenvalue weighted by Crippen LogP contribution is 2.19. The minimum absolute atomic E-state index is 0.285. The van der Waals surface area contributed by atoms with E-state index in [2.05, 4.69) is 19.6 Å². The van der Waals surface area contributed by atoms with Crippen LogP contribution in [0.25, 0.3) is 0 Å². The van der Waals surface area contributed by atoms with Crippen molar-refractivity contribution in [3.8, 4) is 5.75 Å². The molecule has 90 valence electrons. The van der Waals surface area contributed by atoms with Gasteiger partial charge in [0.05, 0.1) is 6.61 Å². The third-order valence-electron chi connectivity index (χ3n) is 2.58. The largest absolute Gasteiger partial charge is 0.490 e. The summed E-state index contributed by atoms with van der Waals surface area (Å²) in [6, 6.07) is 4.92. The van der Waals surface area contributed by atoms with Crippen LogP contribution in [0, 0.1) is 18.7 Å². The van der Waals surface area contributed by atoms with Crippen LogP contribution < -0.4 is 4.74 Å². The average Bonchev–Trinajstić information content (AvgIpc) is 2.23. The van der Waals surface area contributed by atoms with E-state index in [1.807, 2.05) is 6.92 Å². The van der Waals surface area contributed by atoms with Gasteiger partial charge in [0.15, 0.2) is 11.6 Å². The molecule has 1 rings (SSSR count). The molecule has 1 unspecified atom stereocenters. The van der Waals surface area contributed by atoms with Gasteiger partial charge >= 0.3 is 0 Å². The van der Waals surface area contributed by atoms with Gasteiger partial charge in [-0.1, -0.05) is 13.0 Å². The van der Waals surface area contributed by atoms with E-state index in [-0.39, 0.29) is 5.82 Å². The molecule has 0 aliphatic heterocycles. The van der Waals surface area contributed by atoms with Crippen molar-refractivity contribution in [3.05, 3.63) is 29.6 Å². The van der Waals surface area contributed by atoms with Crippen LogP contribution in [-0.4, -0.2) is 12.4 Å². The Balaban J connectivity index is 2.39. The second-order valence-electron chi connectivity index (χ2n) is 4.19. The number of halogens is 1. The monoisotopic (exact) mass is 242 g/mol. The highest BCUT2D eigenvalue weighted by molar-refractivity contribution is 7.80. The first-order valence-electron chi connectivity index (χ1n) is 5.63. The molecule has 1 atom stereocenters. The van der Waals surface area contributed by atoms with E-state index in [1.165, 1.54) is 6.07 Å². The molecule has 0 saturated heterocycles. The highest BCUT2D eigenvalue weighted by atomic mass is 32.1. The van der Waals surface area contributed by atoms with E-state index in [4.69, 9.17) is 4.74 Å². The first-order chi connectivity index (χ1) is 7.63. The maximum Gasteiger partial charge on any atom is 0.165 e. The van der Waals surface area contributed by atoms with Crippen LogP contribution in [0.1, 0.15) is 25.3 Å². The van der Waals surface area contributed by atoms with Crippen LogP contribution in [0.5, 0.6) is 5.75 Å². The fraction of sp³-hybridized carbons (Fsp3) is 0.538. The van der Waals surface area contributed by atoms with Crippen LogP contribution in [0.3, 0.4) is 0 Å². The number of aryl methyl sites for hydroxylation is 1. The first kappa shape index (κ1) is 13.4. The average molecular weight is 242 g/mol. The van der Waals surface area contributed by atoms with Gasteiger partial charge in [0.2, 0.25) is 0 Å². The van der Waals surface area contributed by atoms with E-state index in [0.29, 0.717) is 18.3 Å². The zero-order chi connectivity index (χ0) is 12.0. The van der Waals surface area contributed by atoms with Gasteiger partial charge in [-0.15, -0.1) is 0 Å². The highest BCUT2D eigenvalue weighted by Gasteiger charge is 2.05. The molecule has 1 nitrogen and oxygen atoms in total. The fourth-order valence-corrected chi connectivity index (χ4v) is 1.90. The molecule has 0 radical (unpaired) electrons. The minimum Gasteiger partial charge on any atom is -0.490 e. The lowest BCUT2D eigenvalue weighted by molar-refractivity contribution is 0.270. The van der Waals surface area contributed by atoms with Crippen molar-refractivity contribution in [2.75, 3.05) is 12.4 Å². The Bertz CT molecular complexity index is 328. The van der Waals surface area contributed by atoms with Crippen LogP contribution in [0.15, 0.2) is 18.2 Å². The smallest absolute Gasteiger partial charge is 0.165 e. The van der Waals surface area contributed by atoms with Crippen molar-refractivity contribution in [3.63, 3.8) is 0 Å². The molecule has 0 saturated carbocycles. The third kappa shape index (κ3) is 4.44. The fourth-order valence-electron chi connectivity index (χ4n) is 1.46. The maximum atomic E-state index is 13.3. The summed E-state index contributed by atoms with van der Waals surface area (Å²) in [5, 5.41) is 0. The number of hydrogen-bond donors (Lipinski definition) is 1. The summed E-state index contributed by atoms with van der Waals surface area (Å²) in [7, 11) is 0. The van der Waals surface area contributed by atoms with E-state index in [9.17, 15) is 4.39 Å². The number of ether oxygens (including phenoxy) is 1. The molecule has 0 aromatic heterocycles. The van der Waals surface area contributed by atoms with Gasteiger partial charge in [-0.3, -0.25) is 0 Å². The molecule has 16 heavy (non-hydrogen) atoms. The lowest BCUT2D eigenvalue weighted by Crippen LogP contribution is -2.05. The van der Waals surface area contributed by atoms with Gasteiger partial charge in [0.25, 0.3) is 0 Å². The van der Waals surface area contributed by atoms with Crippen LogP contribution in [0.2, 0.25) is 0 Å². The zero-order valence-corrected chi connectivity index (χ0v) is 10.8. The molecule has 0 bridgehead atoms. The Kier molecular flexibility index (Phi) is 5.67. The molecule has 0 N–H and O–H groups in total. The Morgan fingerprint density at radius 3 is 2.81 bits per heavy atom. The Hall–Kier alpha value is -0.700. The van der Waals surface area contributed by atoms with Crippen molar-refractivity contribution >= 4 is 12.6 Å². The second kappa shape index (κ2) is 6.79. The molecule has 0 spiro atoms. The number of benzene rings is 1. The van der Waals surface area contributed by atoms with Crippen molar-refractivity contribution in [1.82, 2.24) is 0 Å². The standard InChI is InChI=1S/C13H19FOS/c1-10(6-8-16)5-7-15-13-9-11(2)3-4-12(13)14/h3-4,9-10,16H,5-8H2,1-2H3. The van der Waals surface area contributed by atoms with Crippen LogP contribution in [-0.2, 0) is 0 Å². The van der Waals surface area contributed by atoms with E-state index >= 15 is 0 Å². The summed E-state index contributed by atoms with van der Waals surface area (Å²) in [5.74, 6) is 1.54. The molecule has 0 amide bonds. The number of thiol groups is 1. The molecule has 0 fully saturated rings. The lowest BCUT2D eigenvalue weighted by Gasteiger charge is -2.11. The van der Waals surface area contributed by atoms with Gasteiger partial charge < -0.3 is 4.74 Å². The van der Waals surface area contributed by atoms with Crippen molar-refractivity contribution < 1.29 is 9.13 Å². The first-order valence-corrected chi connectivity index (χ1v) is 6.26. The number of rotatable bonds is 6. The summed E-state index contributed by atoms with van der Waals surface area (Å²) in [6.07, 6.45) is 2.01. The molecule has 1 aromatic carbocycles. The summed E-state index contributed by atoms with van der Waals surface area (Å²) < 4.78 is 18.7. The van der Waals surface area contributed by atoms with Crippen molar-refractivity contribution in [1.29, 1.82) is 0 Å². The zero-order valence-electron chi connectivity index (χ0n) is 9.87. The Labute approximate surface area is 102 Å². The summed E-state index contributed by atoms with van der Waals surface area (Å²) in [4.78, 5) is 0. The molecule has 3 heteroatoms. The van der Waals surface area contributed by atoms with Gasteiger partial charge in [-0.25, -0.2) is 4.39 Å². The summed E-state index contributed by atoms with van der Waals surface area (Å²) in [6.45, 7) is 4.65. The summed E-state index contributed by atoms with van der Waals surface area (Å²) >= 11 is 4.18. The van der Waals surface area contributed by atoms with E-state index < -0.39 is 0 Å². The molecule has 0 aliphatic carbocycles. The maximum absolute atomic E-state index is 13.3. The quantitative estimate of drug-likeness (QED) is 0.745. The van der Waals surface area contributed by atoms with E-state index in [1.54, 1.807) is 12.1 Å². The third-order valence-corrected chi connectivity index (χ3v) is 2.84. The van der Waals surface area contributed by atoms with Gasteiger partial charge in [-0.05, 0) is 49.1 Å². The second-order valence-corrected chi connectivity index (χ2v) is 4.64. The molecular weight excluding hydrogens is 223 g/mol. The van der Waals surface area contributed by atoms with Crippen LogP contribution in [0.4, 0.5) is 4.39 Å². The molecule has 0 heterocycles. The predicted octanol–water partition coefficient (Wildman–Crippen LogP) is 3.86. The van der Waals surface area contributed by atoms with E-state index in [0.717, 1.165) is 24.2 Å².